The van der Waals surface area contributed by atoms with E-state index in [1.54, 1.807) is 12.1 Å². The molecule has 1 heterocycles. The topological polar surface area (TPSA) is 122 Å². The first-order valence-corrected chi connectivity index (χ1v) is 7.64. The fourth-order valence-electron chi connectivity index (χ4n) is 2.22. The number of imidazole rings is 1. The smallest absolute Gasteiger partial charge is 0.340 e. The molecule has 0 saturated heterocycles. The van der Waals surface area contributed by atoms with Crippen molar-refractivity contribution >= 4 is 26.7 Å². The first kappa shape index (κ1) is 13.9. The van der Waals surface area contributed by atoms with Crippen molar-refractivity contribution in [3.8, 4) is 6.07 Å². The molecule has 0 spiro atoms. The lowest BCUT2D eigenvalue weighted by Crippen LogP contribution is -2.25. The highest BCUT2D eigenvalue weighted by atomic mass is 32.2. The highest BCUT2D eigenvalue weighted by molar-refractivity contribution is 7.90. The second-order valence-electron chi connectivity index (χ2n) is 4.58. The molecule has 0 radical (unpaired) electrons. The van der Waals surface area contributed by atoms with Gasteiger partial charge in [0.15, 0.2) is 0 Å². The quantitative estimate of drug-likeness (QED) is 0.684. The van der Waals surface area contributed by atoms with E-state index in [0.717, 1.165) is 0 Å². The molecule has 0 fully saturated rings. The van der Waals surface area contributed by atoms with E-state index in [-0.39, 0.29) is 16.0 Å². The number of hydrogen-bond acceptors (Lipinski definition) is 5. The number of nitrogens with zero attached hydrogens (tertiary/aromatic N) is 2. The van der Waals surface area contributed by atoms with Gasteiger partial charge < -0.3 is 10.7 Å². The van der Waals surface area contributed by atoms with Crippen molar-refractivity contribution in [2.45, 2.75) is 4.90 Å². The Morgan fingerprint density at radius 2 is 1.91 bits per heavy atom. The Kier molecular flexibility index (Phi) is 3.00. The average Bonchev–Trinajstić information content (AvgIpc) is 2.82. The minimum atomic E-state index is -4.22. The third-order valence-electron chi connectivity index (χ3n) is 3.19. The Hall–Kier alpha value is -3.05. The van der Waals surface area contributed by atoms with E-state index in [2.05, 4.69) is 4.98 Å². The molecule has 3 aromatic rings. The number of benzene rings is 2. The van der Waals surface area contributed by atoms with Crippen LogP contribution in [0.4, 0.5) is 5.69 Å². The van der Waals surface area contributed by atoms with Gasteiger partial charge in [0.25, 0.3) is 10.0 Å². The van der Waals surface area contributed by atoms with Gasteiger partial charge in [0, 0.05) is 5.69 Å². The molecule has 2 aromatic carbocycles. The van der Waals surface area contributed by atoms with Gasteiger partial charge in [0.2, 0.25) is 0 Å². The van der Waals surface area contributed by atoms with Crippen LogP contribution in [0.5, 0.6) is 0 Å². The number of rotatable bonds is 2. The van der Waals surface area contributed by atoms with Crippen LogP contribution in [0.3, 0.4) is 0 Å². The molecule has 3 N–H and O–H groups in total. The summed E-state index contributed by atoms with van der Waals surface area (Å²) in [6.45, 7) is 0. The third kappa shape index (κ3) is 1.96. The molecule has 0 aliphatic rings. The minimum Gasteiger partial charge on any atom is -0.399 e. The standard InChI is InChI=1S/C14H10N4O3S/c15-8-9-3-1-2-4-13(9)22(20,21)18-12-7-10(16)5-6-11(12)17-14(18)19/h1-7H,16H2,(H,17,19). The van der Waals surface area contributed by atoms with Crippen LogP contribution in [0.2, 0.25) is 0 Å². The van der Waals surface area contributed by atoms with Crippen LogP contribution < -0.4 is 11.4 Å². The monoisotopic (exact) mass is 314 g/mol. The second kappa shape index (κ2) is 4.75. The predicted octanol–water partition coefficient (Wildman–Crippen LogP) is 1.02. The molecule has 7 nitrogen and oxygen atoms in total. The van der Waals surface area contributed by atoms with E-state index in [1.165, 1.54) is 30.3 Å². The van der Waals surface area contributed by atoms with Crippen LogP contribution in [0.15, 0.2) is 52.2 Å². The Bertz CT molecular complexity index is 1090. The number of hydrogen-bond donors (Lipinski definition) is 2. The number of nitriles is 1. The van der Waals surface area contributed by atoms with Crippen molar-refractivity contribution in [3.63, 3.8) is 0 Å². The number of anilines is 1. The Morgan fingerprint density at radius 3 is 2.64 bits per heavy atom. The van der Waals surface area contributed by atoms with Gasteiger partial charge in [0.05, 0.1) is 16.6 Å². The molecule has 0 saturated carbocycles. The molecule has 0 unspecified atom stereocenters. The molecule has 0 aliphatic heterocycles. The maximum absolute atomic E-state index is 12.8. The van der Waals surface area contributed by atoms with Crippen molar-refractivity contribution < 1.29 is 8.42 Å². The first-order chi connectivity index (χ1) is 10.4. The van der Waals surface area contributed by atoms with Crippen LogP contribution in [0.25, 0.3) is 11.0 Å². The molecule has 110 valence electrons. The number of aromatic amines is 1. The van der Waals surface area contributed by atoms with E-state index >= 15 is 0 Å². The summed E-state index contributed by atoms with van der Waals surface area (Å²) in [7, 11) is -4.22. The van der Waals surface area contributed by atoms with Gasteiger partial charge in [-0.05, 0) is 30.3 Å². The Morgan fingerprint density at radius 1 is 1.18 bits per heavy atom. The van der Waals surface area contributed by atoms with Crippen LogP contribution in [-0.2, 0) is 10.0 Å². The summed E-state index contributed by atoms with van der Waals surface area (Å²) in [6.07, 6.45) is 0. The van der Waals surface area contributed by atoms with Crippen LogP contribution in [-0.4, -0.2) is 17.4 Å². The number of fused-ring (bicyclic) bond motifs is 1. The maximum Gasteiger partial charge on any atom is 0.340 e. The third-order valence-corrected chi connectivity index (χ3v) is 4.95. The number of aromatic nitrogens is 2. The predicted molar refractivity (Wildman–Crippen MR) is 80.7 cm³/mol. The van der Waals surface area contributed by atoms with E-state index in [9.17, 15) is 13.2 Å². The molecular weight excluding hydrogens is 304 g/mol. The fraction of sp³-hybridized carbons (Fsp3) is 0. The molecule has 0 aliphatic carbocycles. The molecular formula is C14H10N4O3S. The van der Waals surface area contributed by atoms with Crippen molar-refractivity contribution in [1.82, 2.24) is 8.96 Å². The SMILES string of the molecule is N#Cc1ccccc1S(=O)(=O)n1c(=O)[nH]c2ccc(N)cc21. The number of nitrogen functional groups attached to an aromatic ring is 1. The maximum atomic E-state index is 12.8. The van der Waals surface area contributed by atoms with Gasteiger partial charge in [-0.15, -0.1) is 0 Å². The molecule has 1 aromatic heterocycles. The number of H-pyrrole nitrogens is 1. The zero-order valence-corrected chi connectivity index (χ0v) is 12.0. The van der Waals surface area contributed by atoms with Gasteiger partial charge in [0.1, 0.15) is 11.0 Å². The summed E-state index contributed by atoms with van der Waals surface area (Å²) in [6, 6.07) is 12.0. The minimum absolute atomic E-state index is 0.0346. The van der Waals surface area contributed by atoms with E-state index in [1.807, 2.05) is 6.07 Å². The van der Waals surface area contributed by atoms with E-state index in [0.29, 0.717) is 15.2 Å². The van der Waals surface area contributed by atoms with Gasteiger partial charge in [-0.2, -0.15) is 9.23 Å². The second-order valence-corrected chi connectivity index (χ2v) is 6.34. The summed E-state index contributed by atoms with van der Waals surface area (Å²) < 4.78 is 26.2. The summed E-state index contributed by atoms with van der Waals surface area (Å²) in [5, 5.41) is 9.08. The molecule has 8 heteroatoms. The summed E-state index contributed by atoms with van der Waals surface area (Å²) in [5.74, 6) is 0. The highest BCUT2D eigenvalue weighted by Crippen LogP contribution is 2.22. The van der Waals surface area contributed by atoms with Gasteiger partial charge >= 0.3 is 5.69 Å². The Balaban J connectivity index is 2.40. The fourth-order valence-corrected chi connectivity index (χ4v) is 3.73. The lowest BCUT2D eigenvalue weighted by Gasteiger charge is -2.07. The van der Waals surface area contributed by atoms with Crippen LogP contribution in [0.1, 0.15) is 5.56 Å². The lowest BCUT2D eigenvalue weighted by molar-refractivity contribution is 0.587. The largest absolute Gasteiger partial charge is 0.399 e. The zero-order chi connectivity index (χ0) is 15.9. The van der Waals surface area contributed by atoms with E-state index < -0.39 is 15.7 Å². The van der Waals surface area contributed by atoms with E-state index in [4.69, 9.17) is 11.0 Å². The molecule has 22 heavy (non-hydrogen) atoms. The van der Waals surface area contributed by atoms with Crippen molar-refractivity contribution in [2.24, 2.45) is 0 Å². The Labute approximate surface area is 125 Å². The average molecular weight is 314 g/mol. The zero-order valence-electron chi connectivity index (χ0n) is 11.1. The number of nitrogens with one attached hydrogen (secondary N) is 1. The highest BCUT2D eigenvalue weighted by Gasteiger charge is 2.25. The normalized spacial score (nSPS) is 11.4. The van der Waals surface area contributed by atoms with Gasteiger partial charge in [-0.1, -0.05) is 12.1 Å². The first-order valence-electron chi connectivity index (χ1n) is 6.20. The van der Waals surface area contributed by atoms with Crippen molar-refractivity contribution in [2.75, 3.05) is 5.73 Å². The van der Waals surface area contributed by atoms with Crippen LogP contribution in [0, 0.1) is 11.3 Å². The van der Waals surface area contributed by atoms with Crippen molar-refractivity contribution in [1.29, 1.82) is 5.26 Å². The summed E-state index contributed by atoms with van der Waals surface area (Å²) >= 11 is 0. The molecule has 3 rings (SSSR count). The van der Waals surface area contributed by atoms with Crippen LogP contribution >= 0.6 is 0 Å². The summed E-state index contributed by atoms with van der Waals surface area (Å²) in [5.41, 5.74) is 5.62. The molecule has 0 bridgehead atoms. The van der Waals surface area contributed by atoms with Crippen molar-refractivity contribution in [3.05, 3.63) is 58.5 Å². The van der Waals surface area contributed by atoms with Gasteiger partial charge in [-0.25, -0.2) is 13.2 Å². The molecule has 0 amide bonds. The lowest BCUT2D eigenvalue weighted by atomic mass is 10.2. The van der Waals surface area contributed by atoms with Gasteiger partial charge in [-0.3, -0.25) is 0 Å². The summed E-state index contributed by atoms with van der Waals surface area (Å²) in [4.78, 5) is 14.3. The molecule has 0 atom stereocenters. The number of nitrogens with two attached hydrogens (primary N) is 1.